The fourth-order valence-corrected chi connectivity index (χ4v) is 2.93. The number of nitrogens with zero attached hydrogens (tertiary/aromatic N) is 3. The summed E-state index contributed by atoms with van der Waals surface area (Å²) in [6.45, 7) is 6.91. The lowest BCUT2D eigenvalue weighted by molar-refractivity contribution is -0.139. The number of esters is 1. The van der Waals surface area contributed by atoms with Crippen molar-refractivity contribution in [1.82, 2.24) is 14.8 Å². The Morgan fingerprint density at radius 3 is 2.85 bits per heavy atom. The summed E-state index contributed by atoms with van der Waals surface area (Å²) >= 11 is 0. The van der Waals surface area contributed by atoms with Crippen molar-refractivity contribution in [2.75, 3.05) is 18.5 Å². The highest BCUT2D eigenvalue weighted by molar-refractivity contribution is 5.92. The number of benzene rings is 1. The summed E-state index contributed by atoms with van der Waals surface area (Å²) in [4.78, 5) is 17.0. The molecule has 1 unspecified atom stereocenters. The standard InChI is InChI=1S/C19H24N4O3/c1-4-9-25-15-8-6-7-14(11-15)17-16(18(24)26-10-5-2)13(3)22-19-20-12-21-23(17)19/h6-8,11-12,17H,4-5,9-10H2,1-3H3,(H,20,21,22). The molecule has 7 heteroatoms. The molecule has 2 heterocycles. The number of hydrogen-bond acceptors (Lipinski definition) is 6. The Kier molecular flexibility index (Phi) is 5.55. The number of fused-ring (bicyclic) bond motifs is 1. The van der Waals surface area contributed by atoms with Crippen LogP contribution in [0.4, 0.5) is 5.95 Å². The maximum Gasteiger partial charge on any atom is 0.338 e. The SMILES string of the molecule is CCCOC(=O)C1=C(C)Nc2ncnn2C1c1cccc(OCCC)c1. The largest absolute Gasteiger partial charge is 0.494 e. The molecule has 1 aliphatic heterocycles. The van der Waals surface area contributed by atoms with E-state index in [4.69, 9.17) is 9.47 Å². The van der Waals surface area contributed by atoms with Gasteiger partial charge in [0.1, 0.15) is 18.1 Å². The Balaban J connectivity index is 2.02. The predicted molar refractivity (Wildman–Crippen MR) is 98.0 cm³/mol. The molecule has 0 aliphatic carbocycles. The second kappa shape index (κ2) is 8.03. The third kappa shape index (κ3) is 3.56. The fraction of sp³-hybridized carbons (Fsp3) is 0.421. The molecule has 1 aliphatic rings. The third-order valence-electron chi connectivity index (χ3n) is 4.10. The first-order chi connectivity index (χ1) is 12.7. The summed E-state index contributed by atoms with van der Waals surface area (Å²) in [6, 6.07) is 7.32. The van der Waals surface area contributed by atoms with Crippen LogP contribution in [-0.4, -0.2) is 33.9 Å². The van der Waals surface area contributed by atoms with Crippen LogP contribution in [0.5, 0.6) is 5.75 Å². The van der Waals surface area contributed by atoms with Gasteiger partial charge in [-0.25, -0.2) is 9.48 Å². The first-order valence-corrected chi connectivity index (χ1v) is 8.92. The van der Waals surface area contributed by atoms with Gasteiger partial charge >= 0.3 is 5.97 Å². The monoisotopic (exact) mass is 356 g/mol. The summed E-state index contributed by atoms with van der Waals surface area (Å²) in [6.07, 6.45) is 3.17. The van der Waals surface area contributed by atoms with Crippen molar-refractivity contribution < 1.29 is 14.3 Å². The number of anilines is 1. The molecule has 2 aromatic rings. The number of rotatable bonds is 7. The van der Waals surface area contributed by atoms with Crippen LogP contribution in [0.3, 0.4) is 0 Å². The minimum absolute atomic E-state index is 0.345. The molecule has 138 valence electrons. The molecule has 0 saturated carbocycles. The molecule has 0 amide bonds. The second-order valence-corrected chi connectivity index (χ2v) is 6.15. The van der Waals surface area contributed by atoms with Gasteiger partial charge in [0.05, 0.1) is 18.8 Å². The van der Waals surface area contributed by atoms with Gasteiger partial charge in [-0.1, -0.05) is 26.0 Å². The number of hydrogen-bond donors (Lipinski definition) is 1. The van der Waals surface area contributed by atoms with E-state index >= 15 is 0 Å². The van der Waals surface area contributed by atoms with Gasteiger partial charge < -0.3 is 14.8 Å². The smallest absolute Gasteiger partial charge is 0.338 e. The van der Waals surface area contributed by atoms with E-state index in [1.807, 2.05) is 38.1 Å². The Bertz CT molecular complexity index is 813. The van der Waals surface area contributed by atoms with E-state index in [1.165, 1.54) is 6.33 Å². The zero-order valence-corrected chi connectivity index (χ0v) is 15.4. The minimum atomic E-state index is -0.414. The molecule has 0 fully saturated rings. The summed E-state index contributed by atoms with van der Waals surface area (Å²) in [5, 5.41) is 7.45. The molecule has 0 bridgehead atoms. The molecule has 1 atom stereocenters. The van der Waals surface area contributed by atoms with Crippen molar-refractivity contribution in [3.05, 3.63) is 47.4 Å². The lowest BCUT2D eigenvalue weighted by atomic mass is 9.95. The van der Waals surface area contributed by atoms with Crippen LogP contribution in [0, 0.1) is 0 Å². The molecule has 1 aromatic heterocycles. The van der Waals surface area contributed by atoms with E-state index < -0.39 is 6.04 Å². The van der Waals surface area contributed by atoms with Crippen LogP contribution in [0.2, 0.25) is 0 Å². The van der Waals surface area contributed by atoms with Gasteiger partial charge in [-0.05, 0) is 37.5 Å². The van der Waals surface area contributed by atoms with Crippen molar-refractivity contribution in [3.8, 4) is 5.75 Å². The normalized spacial score (nSPS) is 16.0. The molecule has 3 rings (SSSR count). The topological polar surface area (TPSA) is 78.3 Å². The number of ether oxygens (including phenoxy) is 2. The molecular formula is C19H24N4O3. The number of aromatic nitrogens is 3. The number of nitrogens with one attached hydrogen (secondary N) is 1. The number of allylic oxidation sites excluding steroid dienone is 1. The number of carbonyl (C=O) groups is 1. The van der Waals surface area contributed by atoms with Crippen LogP contribution in [0.15, 0.2) is 41.9 Å². The van der Waals surface area contributed by atoms with Crippen LogP contribution in [-0.2, 0) is 9.53 Å². The first-order valence-electron chi connectivity index (χ1n) is 8.92. The lowest BCUT2D eigenvalue weighted by Gasteiger charge is -2.28. The summed E-state index contributed by atoms with van der Waals surface area (Å²) in [7, 11) is 0. The van der Waals surface area contributed by atoms with Gasteiger partial charge in [0, 0.05) is 5.70 Å². The van der Waals surface area contributed by atoms with Gasteiger partial charge in [-0.3, -0.25) is 0 Å². The van der Waals surface area contributed by atoms with Crippen molar-refractivity contribution in [1.29, 1.82) is 0 Å². The number of carbonyl (C=O) groups excluding carboxylic acids is 1. The molecule has 26 heavy (non-hydrogen) atoms. The van der Waals surface area contributed by atoms with Crippen LogP contribution in [0.1, 0.15) is 45.2 Å². The van der Waals surface area contributed by atoms with Crippen molar-refractivity contribution in [2.24, 2.45) is 0 Å². The first kappa shape index (κ1) is 18.0. The third-order valence-corrected chi connectivity index (χ3v) is 4.10. The highest BCUT2D eigenvalue weighted by atomic mass is 16.5. The van der Waals surface area contributed by atoms with E-state index in [0.29, 0.717) is 24.7 Å². The summed E-state index contributed by atoms with van der Waals surface area (Å²) in [5.41, 5.74) is 2.15. The Hall–Kier alpha value is -2.83. The lowest BCUT2D eigenvalue weighted by Crippen LogP contribution is -2.29. The van der Waals surface area contributed by atoms with Crippen LogP contribution < -0.4 is 10.1 Å². The molecule has 7 nitrogen and oxygen atoms in total. The molecule has 1 aromatic carbocycles. The maximum atomic E-state index is 12.7. The van der Waals surface area contributed by atoms with Gasteiger partial charge in [0.2, 0.25) is 5.95 Å². The quantitative estimate of drug-likeness (QED) is 0.767. The van der Waals surface area contributed by atoms with Crippen LogP contribution in [0.25, 0.3) is 0 Å². The predicted octanol–water partition coefficient (Wildman–Crippen LogP) is 3.31. The Labute approximate surface area is 153 Å². The minimum Gasteiger partial charge on any atom is -0.494 e. The van der Waals surface area contributed by atoms with E-state index in [1.54, 1.807) is 4.68 Å². The Morgan fingerprint density at radius 1 is 1.27 bits per heavy atom. The molecule has 0 saturated heterocycles. The maximum absolute atomic E-state index is 12.7. The summed E-state index contributed by atoms with van der Waals surface area (Å²) < 4.78 is 12.9. The van der Waals surface area contributed by atoms with Crippen molar-refractivity contribution in [2.45, 2.75) is 39.7 Å². The van der Waals surface area contributed by atoms with E-state index in [2.05, 4.69) is 22.3 Å². The Morgan fingerprint density at radius 2 is 2.08 bits per heavy atom. The highest BCUT2D eigenvalue weighted by Crippen LogP contribution is 2.36. The summed E-state index contributed by atoms with van der Waals surface area (Å²) in [5.74, 6) is 1.02. The average molecular weight is 356 g/mol. The van der Waals surface area contributed by atoms with Gasteiger partial charge in [0.15, 0.2) is 0 Å². The van der Waals surface area contributed by atoms with E-state index in [0.717, 1.165) is 29.9 Å². The average Bonchev–Trinajstić information content (AvgIpc) is 3.11. The van der Waals surface area contributed by atoms with E-state index in [9.17, 15) is 4.79 Å². The van der Waals surface area contributed by atoms with Gasteiger partial charge in [0.25, 0.3) is 0 Å². The zero-order valence-electron chi connectivity index (χ0n) is 15.4. The fourth-order valence-electron chi connectivity index (χ4n) is 2.93. The molecule has 0 radical (unpaired) electrons. The highest BCUT2D eigenvalue weighted by Gasteiger charge is 2.34. The van der Waals surface area contributed by atoms with Crippen LogP contribution >= 0.6 is 0 Å². The molecule has 0 spiro atoms. The van der Waals surface area contributed by atoms with Gasteiger partial charge in [-0.2, -0.15) is 10.1 Å². The van der Waals surface area contributed by atoms with Crippen molar-refractivity contribution in [3.63, 3.8) is 0 Å². The molecule has 1 N–H and O–H groups in total. The van der Waals surface area contributed by atoms with E-state index in [-0.39, 0.29) is 5.97 Å². The van der Waals surface area contributed by atoms with Crippen molar-refractivity contribution >= 4 is 11.9 Å². The van der Waals surface area contributed by atoms with Gasteiger partial charge in [-0.15, -0.1) is 0 Å². The molecular weight excluding hydrogens is 332 g/mol. The second-order valence-electron chi connectivity index (χ2n) is 6.15. The zero-order chi connectivity index (χ0) is 18.5.